The van der Waals surface area contributed by atoms with Crippen LogP contribution in [0.3, 0.4) is 0 Å². The van der Waals surface area contributed by atoms with E-state index in [0.717, 1.165) is 68.7 Å². The van der Waals surface area contributed by atoms with Crippen molar-refractivity contribution in [2.75, 3.05) is 44.8 Å². The molecule has 1 aliphatic heterocycles. The number of aromatic nitrogens is 2. The van der Waals surface area contributed by atoms with E-state index in [9.17, 15) is 4.79 Å². The SMILES string of the molecule is COCCc1cc(N2CCN(CCC3CC(NC(C)=O)C3)CC2C)nc(C(C)(C)C)n1. The van der Waals surface area contributed by atoms with Crippen LogP contribution in [0.25, 0.3) is 0 Å². The van der Waals surface area contributed by atoms with E-state index in [1.807, 2.05) is 0 Å². The van der Waals surface area contributed by atoms with E-state index in [4.69, 9.17) is 14.7 Å². The Kier molecular flexibility index (Phi) is 7.92. The van der Waals surface area contributed by atoms with E-state index in [0.29, 0.717) is 18.7 Å². The Labute approximate surface area is 188 Å². The third kappa shape index (κ3) is 6.62. The van der Waals surface area contributed by atoms with Gasteiger partial charge in [-0.3, -0.25) is 9.69 Å². The standard InChI is InChI=1S/C24H41N5O2/c1-17-16-28(9-7-19-13-21(14-19)25-18(2)30)10-11-29(17)22-15-20(8-12-31-6)26-23(27-22)24(3,4)5/h15,17,19,21H,7-14,16H2,1-6H3,(H,25,30). The molecule has 1 amide bonds. The number of nitrogens with one attached hydrogen (secondary N) is 1. The number of rotatable bonds is 8. The highest BCUT2D eigenvalue weighted by Crippen LogP contribution is 2.31. The van der Waals surface area contributed by atoms with Gasteiger partial charge >= 0.3 is 0 Å². The predicted molar refractivity (Wildman–Crippen MR) is 125 cm³/mol. The first-order chi connectivity index (χ1) is 14.7. The zero-order valence-corrected chi connectivity index (χ0v) is 20.3. The lowest BCUT2D eigenvalue weighted by atomic mass is 9.78. The molecule has 1 saturated heterocycles. The van der Waals surface area contributed by atoms with Crippen LogP contribution in [0, 0.1) is 5.92 Å². The van der Waals surface area contributed by atoms with Crippen LogP contribution in [-0.2, 0) is 21.4 Å². The topological polar surface area (TPSA) is 70.6 Å². The molecule has 7 heteroatoms. The predicted octanol–water partition coefficient (Wildman–Crippen LogP) is 2.78. The summed E-state index contributed by atoms with van der Waals surface area (Å²) in [7, 11) is 1.73. The maximum atomic E-state index is 11.2. The zero-order valence-electron chi connectivity index (χ0n) is 20.3. The molecule has 1 unspecified atom stereocenters. The molecule has 2 fully saturated rings. The summed E-state index contributed by atoms with van der Waals surface area (Å²) < 4.78 is 5.28. The summed E-state index contributed by atoms with van der Waals surface area (Å²) in [5, 5.41) is 3.03. The number of amides is 1. The maximum Gasteiger partial charge on any atom is 0.217 e. The van der Waals surface area contributed by atoms with Crippen molar-refractivity contribution in [2.24, 2.45) is 5.92 Å². The van der Waals surface area contributed by atoms with Gasteiger partial charge in [0, 0.05) is 69.3 Å². The van der Waals surface area contributed by atoms with Crippen molar-refractivity contribution in [3.05, 3.63) is 17.6 Å². The van der Waals surface area contributed by atoms with Crippen LogP contribution in [0.5, 0.6) is 0 Å². The summed E-state index contributed by atoms with van der Waals surface area (Å²) in [4.78, 5) is 26.0. The summed E-state index contributed by atoms with van der Waals surface area (Å²) in [6.07, 6.45) is 4.31. The number of piperazine rings is 1. The molecule has 0 spiro atoms. The molecule has 2 aliphatic rings. The van der Waals surface area contributed by atoms with Gasteiger partial charge in [0.25, 0.3) is 0 Å². The lowest BCUT2D eigenvalue weighted by molar-refractivity contribution is -0.120. The number of carbonyl (C=O) groups excluding carboxylic acids is 1. The average molecular weight is 432 g/mol. The van der Waals surface area contributed by atoms with Gasteiger partial charge in [0.2, 0.25) is 5.91 Å². The highest BCUT2D eigenvalue weighted by molar-refractivity contribution is 5.73. The van der Waals surface area contributed by atoms with E-state index < -0.39 is 0 Å². The fraction of sp³-hybridized carbons (Fsp3) is 0.792. The Morgan fingerprint density at radius 2 is 2.00 bits per heavy atom. The highest BCUT2D eigenvalue weighted by atomic mass is 16.5. The van der Waals surface area contributed by atoms with Gasteiger partial charge < -0.3 is 15.0 Å². The van der Waals surface area contributed by atoms with Crippen molar-refractivity contribution in [1.82, 2.24) is 20.2 Å². The van der Waals surface area contributed by atoms with Crippen LogP contribution in [0.1, 0.15) is 65.4 Å². The third-order valence-electron chi connectivity index (χ3n) is 6.50. The summed E-state index contributed by atoms with van der Waals surface area (Å²) in [5.41, 5.74) is 0.978. The number of hydrogen-bond donors (Lipinski definition) is 1. The Morgan fingerprint density at radius 3 is 2.61 bits per heavy atom. The van der Waals surface area contributed by atoms with E-state index in [1.165, 1.54) is 6.42 Å². The molecule has 174 valence electrons. The van der Waals surface area contributed by atoms with Crippen molar-refractivity contribution in [1.29, 1.82) is 0 Å². The van der Waals surface area contributed by atoms with Crippen LogP contribution in [0.15, 0.2) is 6.07 Å². The minimum absolute atomic E-state index is 0.0826. The number of hydrogen-bond acceptors (Lipinski definition) is 6. The summed E-state index contributed by atoms with van der Waals surface area (Å²) in [6, 6.07) is 2.97. The Hall–Kier alpha value is -1.73. The fourth-order valence-corrected chi connectivity index (χ4v) is 4.62. The van der Waals surface area contributed by atoms with Gasteiger partial charge in [0.15, 0.2) is 0 Å². The first-order valence-electron chi connectivity index (χ1n) is 11.8. The molecule has 31 heavy (non-hydrogen) atoms. The fourth-order valence-electron chi connectivity index (χ4n) is 4.62. The Bertz CT molecular complexity index is 742. The molecule has 1 aliphatic carbocycles. The second-order valence-corrected chi connectivity index (χ2v) is 10.4. The van der Waals surface area contributed by atoms with Gasteiger partial charge in [0.05, 0.1) is 6.61 Å². The van der Waals surface area contributed by atoms with Crippen LogP contribution < -0.4 is 10.2 Å². The van der Waals surface area contributed by atoms with Gasteiger partial charge in [0.1, 0.15) is 11.6 Å². The summed E-state index contributed by atoms with van der Waals surface area (Å²) in [5.74, 6) is 2.81. The van der Waals surface area contributed by atoms with E-state index in [1.54, 1.807) is 14.0 Å². The monoisotopic (exact) mass is 431 g/mol. The average Bonchev–Trinajstić information content (AvgIpc) is 2.67. The molecule has 0 bridgehead atoms. The Balaban J connectivity index is 1.56. The molecule has 3 rings (SSSR count). The van der Waals surface area contributed by atoms with Crippen LogP contribution in [-0.4, -0.2) is 72.8 Å². The van der Waals surface area contributed by atoms with Crippen LogP contribution >= 0.6 is 0 Å². The van der Waals surface area contributed by atoms with Crippen molar-refractivity contribution in [3.8, 4) is 0 Å². The lowest BCUT2D eigenvalue weighted by Crippen LogP contribution is -2.53. The molecule has 2 heterocycles. The van der Waals surface area contributed by atoms with Gasteiger partial charge in [-0.25, -0.2) is 9.97 Å². The lowest BCUT2D eigenvalue weighted by Gasteiger charge is -2.42. The minimum Gasteiger partial charge on any atom is -0.384 e. The zero-order chi connectivity index (χ0) is 22.6. The number of nitrogens with zero attached hydrogens (tertiary/aromatic N) is 4. The number of methoxy groups -OCH3 is 1. The molecular formula is C24H41N5O2. The molecule has 0 radical (unpaired) electrons. The number of carbonyl (C=O) groups is 1. The van der Waals surface area contributed by atoms with Crippen molar-refractivity contribution in [3.63, 3.8) is 0 Å². The molecule has 1 aromatic heterocycles. The largest absolute Gasteiger partial charge is 0.384 e. The molecule has 1 aromatic rings. The maximum absolute atomic E-state index is 11.2. The minimum atomic E-state index is -0.0826. The van der Waals surface area contributed by atoms with E-state index in [2.05, 4.69) is 48.9 Å². The first kappa shape index (κ1) is 23.9. The quantitative estimate of drug-likeness (QED) is 0.683. The highest BCUT2D eigenvalue weighted by Gasteiger charge is 2.31. The van der Waals surface area contributed by atoms with Gasteiger partial charge in [-0.05, 0) is 38.6 Å². The van der Waals surface area contributed by atoms with E-state index in [-0.39, 0.29) is 11.3 Å². The molecule has 7 nitrogen and oxygen atoms in total. The molecule has 1 atom stereocenters. The smallest absolute Gasteiger partial charge is 0.217 e. The van der Waals surface area contributed by atoms with Gasteiger partial charge in [-0.15, -0.1) is 0 Å². The molecule has 1 N–H and O–H groups in total. The van der Waals surface area contributed by atoms with Crippen LogP contribution in [0.4, 0.5) is 5.82 Å². The number of ether oxygens (including phenoxy) is 1. The third-order valence-corrected chi connectivity index (χ3v) is 6.50. The second-order valence-electron chi connectivity index (χ2n) is 10.4. The summed E-state index contributed by atoms with van der Waals surface area (Å²) in [6.45, 7) is 15.4. The molecule has 0 aromatic carbocycles. The van der Waals surface area contributed by atoms with Crippen molar-refractivity contribution >= 4 is 11.7 Å². The van der Waals surface area contributed by atoms with Crippen molar-refractivity contribution < 1.29 is 9.53 Å². The van der Waals surface area contributed by atoms with Crippen molar-refractivity contribution in [2.45, 2.75) is 77.8 Å². The van der Waals surface area contributed by atoms with Crippen LogP contribution in [0.2, 0.25) is 0 Å². The van der Waals surface area contributed by atoms with Gasteiger partial charge in [-0.2, -0.15) is 0 Å². The first-order valence-corrected chi connectivity index (χ1v) is 11.8. The van der Waals surface area contributed by atoms with E-state index >= 15 is 0 Å². The Morgan fingerprint density at radius 1 is 1.26 bits per heavy atom. The summed E-state index contributed by atoms with van der Waals surface area (Å²) >= 11 is 0. The molecular weight excluding hydrogens is 390 g/mol. The molecule has 1 saturated carbocycles. The second kappa shape index (κ2) is 10.3. The number of anilines is 1. The van der Waals surface area contributed by atoms with Gasteiger partial charge in [-0.1, -0.05) is 20.8 Å². The normalized spacial score (nSPS) is 24.7.